The summed E-state index contributed by atoms with van der Waals surface area (Å²) in [6.45, 7) is 0. The summed E-state index contributed by atoms with van der Waals surface area (Å²) in [7, 11) is 1.65. The summed E-state index contributed by atoms with van der Waals surface area (Å²) in [5, 5.41) is 0. The van der Waals surface area contributed by atoms with Crippen molar-refractivity contribution in [2.24, 2.45) is 0 Å². The normalized spacial score (nSPS) is 10.1. The maximum absolute atomic E-state index is 5.06. The van der Waals surface area contributed by atoms with Crippen LogP contribution in [0.5, 0.6) is 5.75 Å². The van der Waals surface area contributed by atoms with E-state index in [1.807, 2.05) is 30.5 Å². The zero-order chi connectivity index (χ0) is 9.97. The van der Waals surface area contributed by atoms with Gasteiger partial charge in [-0.1, -0.05) is 4.68 Å². The van der Waals surface area contributed by atoms with Crippen molar-refractivity contribution in [1.82, 2.24) is 4.49 Å². The molecule has 1 aromatic carbocycles. The first kappa shape index (κ1) is 9.36. The van der Waals surface area contributed by atoms with Crippen molar-refractivity contribution in [3.05, 3.63) is 30.5 Å². The van der Waals surface area contributed by atoms with Crippen molar-refractivity contribution in [3.63, 3.8) is 0 Å². The Bertz CT molecular complexity index is 425. The molecule has 0 atom stereocenters. The molecule has 0 unspecified atom stereocenters. The second-order valence-electron chi connectivity index (χ2n) is 2.66. The summed E-state index contributed by atoms with van der Waals surface area (Å²) >= 11 is 6.30. The number of hydrogen-bond acceptors (Lipinski definition) is 4. The third-order valence-electron chi connectivity index (χ3n) is 1.78. The summed E-state index contributed by atoms with van der Waals surface area (Å²) < 4.78 is 11.8. The maximum Gasteiger partial charge on any atom is 0.237 e. The van der Waals surface area contributed by atoms with Crippen molar-refractivity contribution < 1.29 is 9.42 Å². The summed E-state index contributed by atoms with van der Waals surface area (Å²) in [5.41, 5.74) is 0.984. The number of rotatable bonds is 2. The molecule has 0 aliphatic heterocycles. The summed E-state index contributed by atoms with van der Waals surface area (Å²) in [4.78, 5) is 0. The molecule has 5 heteroatoms. The second-order valence-corrected chi connectivity index (χ2v) is 4.15. The molecule has 1 heterocycles. The summed E-state index contributed by atoms with van der Waals surface area (Å²) in [5.74, 6) is 0.836. The van der Waals surface area contributed by atoms with E-state index >= 15 is 0 Å². The molecule has 0 saturated heterocycles. The van der Waals surface area contributed by atoms with Crippen LogP contribution in [0.2, 0.25) is 0 Å². The lowest BCUT2D eigenvalue weighted by Gasteiger charge is -1.96. The van der Waals surface area contributed by atoms with Crippen LogP contribution in [-0.2, 0) is 12.6 Å². The molecular weight excluding hydrogens is 216 g/mol. The van der Waals surface area contributed by atoms with Gasteiger partial charge in [-0.05, 0) is 20.8 Å². The Hall–Kier alpha value is -1.20. The molecule has 0 aliphatic carbocycles. The summed E-state index contributed by atoms with van der Waals surface area (Å²) in [6, 6.07) is 7.66. The molecule has 72 valence electrons. The molecule has 0 bridgehead atoms. The highest BCUT2D eigenvalue weighted by Gasteiger charge is 2.06. The minimum Gasteiger partial charge on any atom is -0.497 e. The fourth-order valence-corrected chi connectivity index (χ4v) is 1.74. The standard InChI is InChI=1S/C9H8N2OS2/c1-12-8-4-2-7(3-5-8)11-6-9(13)14-10-11/h2-6H,1H3. The third-order valence-corrected chi connectivity index (χ3v) is 2.66. The van der Waals surface area contributed by atoms with Crippen molar-refractivity contribution >= 4 is 24.2 Å². The fraction of sp³-hybridized carbons (Fsp3) is 0.111. The van der Waals surface area contributed by atoms with E-state index in [4.69, 9.17) is 17.4 Å². The quantitative estimate of drug-likeness (QED) is 0.568. The van der Waals surface area contributed by atoms with Crippen molar-refractivity contribution in [3.8, 4) is 11.4 Å². The first-order valence-electron chi connectivity index (χ1n) is 4.00. The summed E-state index contributed by atoms with van der Waals surface area (Å²) in [6.07, 6.45) is 1.82. The van der Waals surface area contributed by atoms with Gasteiger partial charge in [-0.15, -0.1) is 0 Å². The molecule has 0 amide bonds. The molecule has 14 heavy (non-hydrogen) atoms. The Morgan fingerprint density at radius 1 is 1.36 bits per heavy atom. The number of hydrogen-bond donors (Lipinski definition) is 0. The van der Waals surface area contributed by atoms with E-state index < -0.39 is 0 Å². The first-order valence-corrected chi connectivity index (χ1v) is 5.18. The molecule has 0 spiro atoms. The van der Waals surface area contributed by atoms with E-state index in [-0.39, 0.29) is 0 Å². The van der Waals surface area contributed by atoms with E-state index in [0.29, 0.717) is 0 Å². The van der Waals surface area contributed by atoms with Crippen LogP contribution < -0.4 is 9.42 Å². The van der Waals surface area contributed by atoms with Gasteiger partial charge in [-0.2, -0.15) is 11.5 Å². The topological polar surface area (TPSA) is 26.0 Å². The smallest absolute Gasteiger partial charge is 0.237 e. The van der Waals surface area contributed by atoms with Crippen LogP contribution in [0.3, 0.4) is 0 Å². The average Bonchev–Trinajstić information content (AvgIpc) is 2.65. The minimum atomic E-state index is 0.779. The van der Waals surface area contributed by atoms with Gasteiger partial charge in [0.05, 0.1) is 7.11 Å². The Labute approximate surface area is 91.5 Å². The average molecular weight is 224 g/mol. The fourth-order valence-electron chi connectivity index (χ4n) is 1.09. The number of benzene rings is 1. The lowest BCUT2D eigenvalue weighted by atomic mass is 10.3. The van der Waals surface area contributed by atoms with E-state index in [9.17, 15) is 0 Å². The van der Waals surface area contributed by atoms with Crippen molar-refractivity contribution in [1.29, 1.82) is 0 Å². The molecule has 0 saturated carbocycles. The molecule has 1 aromatic heterocycles. The molecule has 3 nitrogen and oxygen atoms in total. The third kappa shape index (κ3) is 1.83. The van der Waals surface area contributed by atoms with Crippen LogP contribution in [0.25, 0.3) is 5.69 Å². The van der Waals surface area contributed by atoms with Crippen LogP contribution in [0.15, 0.2) is 34.7 Å². The van der Waals surface area contributed by atoms with Crippen LogP contribution in [-0.4, -0.2) is 11.6 Å². The maximum atomic E-state index is 5.06. The predicted octanol–water partition coefficient (Wildman–Crippen LogP) is 1.33. The largest absolute Gasteiger partial charge is 0.497 e. The highest BCUT2D eigenvalue weighted by Crippen LogP contribution is 2.11. The number of methoxy groups -OCH3 is 1. The Morgan fingerprint density at radius 2 is 2.07 bits per heavy atom. The predicted molar refractivity (Wildman–Crippen MR) is 55.8 cm³/mol. The highest BCUT2D eigenvalue weighted by molar-refractivity contribution is 7.62. The molecule has 0 aliphatic rings. The lowest BCUT2D eigenvalue weighted by Crippen LogP contribution is -2.30. The van der Waals surface area contributed by atoms with Crippen LogP contribution in [0.4, 0.5) is 0 Å². The van der Waals surface area contributed by atoms with Crippen molar-refractivity contribution in [2.45, 2.75) is 4.21 Å². The first-order chi connectivity index (χ1) is 6.79. The monoisotopic (exact) mass is 224 g/mol. The van der Waals surface area contributed by atoms with E-state index in [0.717, 1.165) is 15.6 Å². The highest BCUT2D eigenvalue weighted by atomic mass is 32.2. The van der Waals surface area contributed by atoms with Gasteiger partial charge >= 0.3 is 0 Å². The van der Waals surface area contributed by atoms with Crippen LogP contribution >= 0.6 is 11.5 Å². The molecule has 0 N–H and O–H groups in total. The Kier molecular flexibility index (Phi) is 2.60. The van der Waals surface area contributed by atoms with Gasteiger partial charge in [0, 0.05) is 12.1 Å². The van der Waals surface area contributed by atoms with Crippen LogP contribution in [0.1, 0.15) is 0 Å². The van der Waals surface area contributed by atoms with Gasteiger partial charge in [0.25, 0.3) is 0 Å². The Morgan fingerprint density at radius 3 is 2.57 bits per heavy atom. The van der Waals surface area contributed by atoms with Gasteiger partial charge in [0.15, 0.2) is 6.20 Å². The van der Waals surface area contributed by atoms with Gasteiger partial charge < -0.3 is 17.4 Å². The lowest BCUT2D eigenvalue weighted by molar-refractivity contribution is -0.652. The Balaban J connectivity index is 2.33. The zero-order valence-corrected chi connectivity index (χ0v) is 9.14. The van der Waals surface area contributed by atoms with Crippen molar-refractivity contribution in [2.75, 3.05) is 7.11 Å². The SMILES string of the molecule is COc1ccc(-[n+]2cc([S-])sn2)cc1. The van der Waals surface area contributed by atoms with E-state index in [2.05, 4.69) is 4.49 Å². The minimum absolute atomic E-state index is 0.779. The van der Waals surface area contributed by atoms with E-state index in [1.165, 1.54) is 11.5 Å². The molecular formula is C9H8N2OS2. The van der Waals surface area contributed by atoms with Gasteiger partial charge in [-0.3, -0.25) is 0 Å². The van der Waals surface area contributed by atoms with E-state index in [1.54, 1.807) is 11.8 Å². The van der Waals surface area contributed by atoms with Gasteiger partial charge in [0.2, 0.25) is 5.69 Å². The number of aromatic nitrogens is 2. The van der Waals surface area contributed by atoms with Gasteiger partial charge in [0.1, 0.15) is 5.75 Å². The van der Waals surface area contributed by atoms with Gasteiger partial charge in [-0.25, -0.2) is 0 Å². The number of ether oxygens (including phenoxy) is 1. The molecule has 0 fully saturated rings. The molecule has 2 aromatic rings. The molecule has 2 rings (SSSR count). The zero-order valence-electron chi connectivity index (χ0n) is 7.51. The number of nitrogens with zero attached hydrogens (tertiary/aromatic N) is 2. The van der Waals surface area contributed by atoms with Crippen LogP contribution in [0, 0.1) is 0 Å². The second kappa shape index (κ2) is 3.89. The molecule has 0 radical (unpaired) electrons.